The topological polar surface area (TPSA) is 12.5 Å². The van der Waals surface area contributed by atoms with Crippen molar-refractivity contribution < 1.29 is 4.74 Å². The molecule has 5 heavy (non-hydrogen) atoms. The third-order valence-corrected chi connectivity index (χ3v) is 0.676. The van der Waals surface area contributed by atoms with Gasteiger partial charge in [-0.3, -0.25) is 0 Å². The summed E-state index contributed by atoms with van der Waals surface area (Å²) in [5.74, 6) is 0.895. The molecule has 1 rings (SSSR count). The number of ether oxygens (including phenoxy) is 1. The summed E-state index contributed by atoms with van der Waals surface area (Å²) in [6.45, 7) is 0.740. The van der Waals surface area contributed by atoms with Crippen LogP contribution in [-0.4, -0.2) is 6.61 Å². The van der Waals surface area contributed by atoms with Crippen molar-refractivity contribution in [3.63, 3.8) is 0 Å². The molecule has 0 aromatic heterocycles. The van der Waals surface area contributed by atoms with Crippen molar-refractivity contribution in [3.05, 3.63) is 11.3 Å². The second-order valence-electron chi connectivity index (χ2n) is 0.864. The molecule has 0 bridgehead atoms. The van der Waals surface area contributed by atoms with E-state index in [-0.39, 0.29) is 0 Å². The van der Waals surface area contributed by atoms with E-state index in [0.717, 1.165) is 12.4 Å². The van der Waals surface area contributed by atoms with Gasteiger partial charge in [0.15, 0.2) is 0 Å². The van der Waals surface area contributed by atoms with Gasteiger partial charge in [0.25, 0.3) is 0 Å². The summed E-state index contributed by atoms with van der Waals surface area (Å²) in [6.07, 6.45) is 0. The average molecular weight is 90.5 g/mol. The fourth-order valence-corrected chi connectivity index (χ4v) is 0.231. The van der Waals surface area contributed by atoms with Crippen LogP contribution in [0.4, 0.5) is 0 Å². The lowest BCUT2D eigenvalue weighted by Crippen LogP contribution is -1.30. The molecule has 1 aliphatic rings. The lowest BCUT2D eigenvalue weighted by molar-refractivity contribution is 0.510. The number of hydrogen-bond acceptors (Lipinski definition) is 1. The van der Waals surface area contributed by atoms with Crippen LogP contribution in [0.3, 0.4) is 0 Å². The number of halogens is 1. The smallest absolute Gasteiger partial charge is 0.146 e. The molecule has 28 valence electrons. The normalized spacial score (nSPS) is 26.2. The molecule has 0 unspecified atom stereocenters. The van der Waals surface area contributed by atoms with Gasteiger partial charge < -0.3 is 4.74 Å². The molecule has 0 aliphatic carbocycles. The Morgan fingerprint density at radius 2 is 2.60 bits per heavy atom. The molecule has 1 fully saturated rings. The highest BCUT2D eigenvalue weighted by molar-refractivity contribution is 6.25. The summed E-state index contributed by atoms with van der Waals surface area (Å²) in [6, 6.07) is 0. The zero-order valence-corrected chi connectivity index (χ0v) is 3.33. The molecule has 0 saturated carbocycles. The highest BCUT2D eigenvalue weighted by Gasteiger charge is 2.09. The minimum Gasteiger partial charge on any atom is -0.485 e. The van der Waals surface area contributed by atoms with E-state index in [1.807, 2.05) is 0 Å². The number of rotatable bonds is 0. The van der Waals surface area contributed by atoms with Gasteiger partial charge in [-0.15, -0.1) is 0 Å². The van der Waals surface area contributed by atoms with E-state index < -0.39 is 0 Å². The maximum Gasteiger partial charge on any atom is 0.146 e. The second kappa shape index (κ2) is 0.902. The average Bonchev–Trinajstić information content (AvgIpc) is 2.12. The molecule has 1 aliphatic heterocycles. The molecule has 0 N–H and O–H groups in total. The standard InChI is InChI=1S/C3H3ClO/c4-1-3-2-5-3/h1H,2H2. The highest BCUT2D eigenvalue weighted by Crippen LogP contribution is 2.13. The van der Waals surface area contributed by atoms with Crippen molar-refractivity contribution >= 4 is 11.6 Å². The molecule has 0 aromatic carbocycles. The second-order valence-corrected chi connectivity index (χ2v) is 1.08. The maximum absolute atomic E-state index is 5.11. The van der Waals surface area contributed by atoms with Gasteiger partial charge in [0, 0.05) is 5.54 Å². The number of epoxide rings is 1. The van der Waals surface area contributed by atoms with Gasteiger partial charge >= 0.3 is 0 Å². The molecule has 0 radical (unpaired) electrons. The van der Waals surface area contributed by atoms with E-state index >= 15 is 0 Å². The zero-order valence-electron chi connectivity index (χ0n) is 2.57. The Morgan fingerprint density at radius 3 is 2.60 bits per heavy atom. The molecule has 1 saturated heterocycles. The molecule has 0 spiro atoms. The van der Waals surface area contributed by atoms with Crippen molar-refractivity contribution in [3.8, 4) is 0 Å². The van der Waals surface area contributed by atoms with Crippen LogP contribution in [-0.2, 0) is 4.74 Å². The van der Waals surface area contributed by atoms with Gasteiger partial charge in [0.05, 0.1) is 0 Å². The van der Waals surface area contributed by atoms with Gasteiger partial charge in [0.2, 0.25) is 0 Å². The SMILES string of the molecule is ClC=C1CO1. The van der Waals surface area contributed by atoms with Crippen LogP contribution in [0.15, 0.2) is 11.3 Å². The molecule has 2 heteroatoms. The van der Waals surface area contributed by atoms with Crippen LogP contribution >= 0.6 is 11.6 Å². The van der Waals surface area contributed by atoms with Crippen LogP contribution in [0, 0.1) is 0 Å². The van der Waals surface area contributed by atoms with E-state index in [9.17, 15) is 0 Å². The summed E-state index contributed by atoms with van der Waals surface area (Å²) in [5, 5.41) is 0. The summed E-state index contributed by atoms with van der Waals surface area (Å²) in [7, 11) is 0. The quantitative estimate of drug-likeness (QED) is 0.406. The van der Waals surface area contributed by atoms with Gasteiger partial charge in [-0.1, -0.05) is 11.6 Å². The Morgan fingerprint density at radius 1 is 2.00 bits per heavy atom. The van der Waals surface area contributed by atoms with E-state index in [2.05, 4.69) is 4.74 Å². The molecule has 0 atom stereocenters. The third kappa shape index (κ3) is 0.550. The summed E-state index contributed by atoms with van der Waals surface area (Å²) in [5.41, 5.74) is 1.44. The lowest BCUT2D eigenvalue weighted by Gasteiger charge is -1.48. The molecule has 1 nitrogen and oxygen atoms in total. The molecular weight excluding hydrogens is 87.5 g/mol. The maximum atomic E-state index is 5.11. The monoisotopic (exact) mass is 90.0 g/mol. The predicted molar refractivity (Wildman–Crippen MR) is 19.9 cm³/mol. The first-order valence-electron chi connectivity index (χ1n) is 1.35. The van der Waals surface area contributed by atoms with Gasteiger partial charge in [-0.2, -0.15) is 0 Å². The van der Waals surface area contributed by atoms with Crippen molar-refractivity contribution in [1.29, 1.82) is 0 Å². The molecule has 0 amide bonds. The third-order valence-electron chi connectivity index (χ3n) is 0.433. The fourth-order valence-electron chi connectivity index (χ4n) is 0.105. The van der Waals surface area contributed by atoms with Crippen LogP contribution < -0.4 is 0 Å². The Balaban J connectivity index is 2.46. The summed E-state index contributed by atoms with van der Waals surface area (Å²) in [4.78, 5) is 0. The van der Waals surface area contributed by atoms with Crippen molar-refractivity contribution in [2.75, 3.05) is 6.61 Å². The Labute approximate surface area is 35.2 Å². The summed E-state index contributed by atoms with van der Waals surface area (Å²) >= 11 is 5.11. The van der Waals surface area contributed by atoms with Crippen LogP contribution in [0.5, 0.6) is 0 Å². The first-order valence-corrected chi connectivity index (χ1v) is 1.79. The van der Waals surface area contributed by atoms with Crippen molar-refractivity contribution in [1.82, 2.24) is 0 Å². The Hall–Kier alpha value is -0.170. The van der Waals surface area contributed by atoms with E-state index in [4.69, 9.17) is 11.6 Å². The van der Waals surface area contributed by atoms with Crippen molar-refractivity contribution in [2.24, 2.45) is 0 Å². The van der Waals surface area contributed by atoms with Gasteiger partial charge in [0.1, 0.15) is 12.4 Å². The van der Waals surface area contributed by atoms with Gasteiger partial charge in [-0.25, -0.2) is 0 Å². The Kier molecular flexibility index (Phi) is 0.548. The van der Waals surface area contributed by atoms with E-state index in [0.29, 0.717) is 0 Å². The van der Waals surface area contributed by atoms with Crippen LogP contribution in [0.25, 0.3) is 0 Å². The van der Waals surface area contributed by atoms with Crippen molar-refractivity contribution in [2.45, 2.75) is 0 Å². The van der Waals surface area contributed by atoms with Crippen LogP contribution in [0.1, 0.15) is 0 Å². The minimum atomic E-state index is 0.740. The van der Waals surface area contributed by atoms with Gasteiger partial charge in [-0.05, 0) is 0 Å². The summed E-state index contributed by atoms with van der Waals surface area (Å²) < 4.78 is 4.59. The van der Waals surface area contributed by atoms with E-state index in [1.54, 1.807) is 0 Å². The fraction of sp³-hybridized carbons (Fsp3) is 0.333. The number of hydrogen-bond donors (Lipinski definition) is 0. The van der Waals surface area contributed by atoms with E-state index in [1.165, 1.54) is 5.54 Å². The molecule has 0 aromatic rings. The van der Waals surface area contributed by atoms with Crippen LogP contribution in [0.2, 0.25) is 0 Å². The molecule has 1 heterocycles. The molecular formula is C3H3ClO. The first kappa shape index (κ1) is 3.04. The lowest BCUT2D eigenvalue weighted by atomic mass is 10.8. The predicted octanol–water partition coefficient (Wildman–Crippen LogP) is 1.10. The first-order chi connectivity index (χ1) is 2.43. The zero-order chi connectivity index (χ0) is 3.70. The minimum absolute atomic E-state index is 0.740. The largest absolute Gasteiger partial charge is 0.485 e. The Bertz CT molecular complexity index is 61.3. The highest BCUT2D eigenvalue weighted by atomic mass is 35.5.